The number of hydrogen-bond donors (Lipinski definition) is 1. The third-order valence-corrected chi connectivity index (χ3v) is 4.09. The third-order valence-electron chi connectivity index (χ3n) is 4.09. The quantitative estimate of drug-likeness (QED) is 0.873. The van der Waals surface area contributed by atoms with E-state index in [0.29, 0.717) is 5.56 Å². The fourth-order valence-electron chi connectivity index (χ4n) is 2.58. The molecule has 0 aromatic heterocycles. The minimum Gasteiger partial charge on any atom is -0.326 e. The molecule has 3 rings (SSSR count). The summed E-state index contributed by atoms with van der Waals surface area (Å²) in [4.78, 5) is 0. The van der Waals surface area contributed by atoms with E-state index in [1.165, 1.54) is 24.8 Å². The molecule has 98 valence electrons. The molecule has 0 unspecified atom stereocenters. The normalized spacial score (nSPS) is 15.3. The number of hydrogen-bond acceptors (Lipinski definition) is 1. The van der Waals surface area contributed by atoms with E-state index < -0.39 is 0 Å². The van der Waals surface area contributed by atoms with Crippen LogP contribution in [0, 0.1) is 5.82 Å². The summed E-state index contributed by atoms with van der Waals surface area (Å²) in [6, 6.07) is 13.8. The Morgan fingerprint density at radius 3 is 2.21 bits per heavy atom. The fraction of sp³-hybridized carbons (Fsp3) is 0.294. The first-order valence-electron chi connectivity index (χ1n) is 6.87. The van der Waals surface area contributed by atoms with Crippen molar-refractivity contribution in [2.24, 2.45) is 5.73 Å². The fourth-order valence-corrected chi connectivity index (χ4v) is 2.58. The van der Waals surface area contributed by atoms with E-state index in [9.17, 15) is 4.39 Å². The lowest BCUT2D eigenvalue weighted by Crippen LogP contribution is -2.08. The van der Waals surface area contributed by atoms with Gasteiger partial charge in [-0.1, -0.05) is 42.8 Å². The Morgan fingerprint density at radius 1 is 1.00 bits per heavy atom. The molecule has 0 saturated heterocycles. The molecule has 1 fully saturated rings. The van der Waals surface area contributed by atoms with Crippen LogP contribution in [0.15, 0.2) is 42.5 Å². The lowest BCUT2D eigenvalue weighted by atomic mass is 9.80. The van der Waals surface area contributed by atoms with E-state index in [2.05, 4.69) is 24.3 Å². The smallest absolute Gasteiger partial charge is 0.128 e. The molecule has 1 aliphatic carbocycles. The third kappa shape index (κ3) is 2.41. The Labute approximate surface area is 113 Å². The highest BCUT2D eigenvalue weighted by Crippen LogP contribution is 2.37. The predicted molar refractivity (Wildman–Crippen MR) is 76.3 cm³/mol. The number of benzene rings is 2. The van der Waals surface area contributed by atoms with Gasteiger partial charge in [-0.05, 0) is 41.5 Å². The van der Waals surface area contributed by atoms with E-state index in [1.807, 2.05) is 6.07 Å². The molecule has 1 aliphatic rings. The molecule has 0 heterocycles. The van der Waals surface area contributed by atoms with Gasteiger partial charge >= 0.3 is 0 Å². The van der Waals surface area contributed by atoms with Crippen LogP contribution < -0.4 is 5.73 Å². The Bertz CT molecular complexity index is 570. The Balaban J connectivity index is 1.87. The van der Waals surface area contributed by atoms with Crippen LogP contribution in [0.1, 0.15) is 36.3 Å². The maximum Gasteiger partial charge on any atom is 0.128 e. The first-order chi connectivity index (χ1) is 9.28. The average molecular weight is 255 g/mol. The second-order valence-electron chi connectivity index (χ2n) is 5.26. The molecule has 0 aliphatic heterocycles. The Morgan fingerprint density at radius 2 is 1.68 bits per heavy atom. The first-order valence-corrected chi connectivity index (χ1v) is 6.87. The van der Waals surface area contributed by atoms with Crippen LogP contribution in [-0.2, 0) is 6.54 Å². The summed E-state index contributed by atoms with van der Waals surface area (Å²) in [6.45, 7) is 0.243. The second-order valence-corrected chi connectivity index (χ2v) is 5.26. The minimum atomic E-state index is -0.219. The molecule has 1 nitrogen and oxygen atoms in total. The van der Waals surface area contributed by atoms with Gasteiger partial charge in [-0.25, -0.2) is 4.39 Å². The van der Waals surface area contributed by atoms with Crippen molar-refractivity contribution >= 4 is 0 Å². The molecule has 0 radical (unpaired) electrons. The largest absolute Gasteiger partial charge is 0.326 e. The van der Waals surface area contributed by atoms with Gasteiger partial charge in [0.1, 0.15) is 5.82 Å². The van der Waals surface area contributed by atoms with Crippen molar-refractivity contribution in [2.75, 3.05) is 0 Å². The highest BCUT2D eigenvalue weighted by atomic mass is 19.1. The van der Waals surface area contributed by atoms with Gasteiger partial charge < -0.3 is 5.73 Å². The van der Waals surface area contributed by atoms with Crippen molar-refractivity contribution in [3.05, 3.63) is 59.4 Å². The maximum absolute atomic E-state index is 13.7. The molecule has 2 heteroatoms. The van der Waals surface area contributed by atoms with Crippen LogP contribution in [0.2, 0.25) is 0 Å². The van der Waals surface area contributed by atoms with Gasteiger partial charge in [-0.3, -0.25) is 0 Å². The van der Waals surface area contributed by atoms with Gasteiger partial charge in [0.2, 0.25) is 0 Å². The van der Waals surface area contributed by atoms with E-state index >= 15 is 0 Å². The second kappa shape index (κ2) is 5.14. The molecule has 1 saturated carbocycles. The zero-order valence-corrected chi connectivity index (χ0v) is 10.9. The van der Waals surface area contributed by atoms with Crippen LogP contribution in [0.5, 0.6) is 0 Å². The molecule has 0 bridgehead atoms. The molecule has 2 aromatic rings. The van der Waals surface area contributed by atoms with Gasteiger partial charge in [-0.2, -0.15) is 0 Å². The molecule has 2 N–H and O–H groups in total. The zero-order valence-electron chi connectivity index (χ0n) is 10.9. The lowest BCUT2D eigenvalue weighted by Gasteiger charge is -2.25. The van der Waals surface area contributed by atoms with Crippen molar-refractivity contribution in [3.63, 3.8) is 0 Å². The number of rotatable bonds is 3. The predicted octanol–water partition coefficient (Wildman–Crippen LogP) is 4.22. The molecular weight excluding hydrogens is 237 g/mol. The van der Waals surface area contributed by atoms with Crippen LogP contribution in [0.4, 0.5) is 4.39 Å². The summed E-state index contributed by atoms with van der Waals surface area (Å²) >= 11 is 0. The van der Waals surface area contributed by atoms with Gasteiger partial charge in [0.05, 0.1) is 0 Å². The average Bonchev–Trinajstić information content (AvgIpc) is 2.37. The SMILES string of the molecule is NCc1ccc(-c2ccc(C3CCC3)cc2)cc1F. The standard InChI is InChI=1S/C17H18FN/c18-17-10-15(8-9-16(17)11-19)14-6-4-13(5-7-14)12-2-1-3-12/h4-10,12H,1-3,11,19H2. The molecule has 2 aromatic carbocycles. The summed E-state index contributed by atoms with van der Waals surface area (Å²) in [7, 11) is 0. The van der Waals surface area contributed by atoms with Crippen LogP contribution in [0.3, 0.4) is 0 Å². The summed E-state index contributed by atoms with van der Waals surface area (Å²) in [5, 5.41) is 0. The highest BCUT2D eigenvalue weighted by Gasteiger charge is 2.19. The number of nitrogens with two attached hydrogens (primary N) is 1. The van der Waals surface area contributed by atoms with Crippen LogP contribution in [-0.4, -0.2) is 0 Å². The molecule has 19 heavy (non-hydrogen) atoms. The van der Waals surface area contributed by atoms with E-state index in [-0.39, 0.29) is 12.4 Å². The maximum atomic E-state index is 13.7. The van der Waals surface area contributed by atoms with Crippen molar-refractivity contribution in [1.29, 1.82) is 0 Å². The first kappa shape index (κ1) is 12.4. The van der Waals surface area contributed by atoms with E-state index in [1.54, 1.807) is 12.1 Å². The Hall–Kier alpha value is -1.67. The molecule has 0 spiro atoms. The van der Waals surface area contributed by atoms with Crippen molar-refractivity contribution in [2.45, 2.75) is 31.7 Å². The van der Waals surface area contributed by atoms with Crippen LogP contribution >= 0.6 is 0 Å². The minimum absolute atomic E-state index is 0.219. The summed E-state index contributed by atoms with van der Waals surface area (Å²) < 4.78 is 13.7. The van der Waals surface area contributed by atoms with Gasteiger partial charge in [0.15, 0.2) is 0 Å². The van der Waals surface area contributed by atoms with Crippen LogP contribution in [0.25, 0.3) is 11.1 Å². The van der Waals surface area contributed by atoms with Gasteiger partial charge in [0, 0.05) is 12.1 Å². The topological polar surface area (TPSA) is 26.0 Å². The summed E-state index contributed by atoms with van der Waals surface area (Å²) in [5.74, 6) is 0.522. The monoisotopic (exact) mass is 255 g/mol. The highest BCUT2D eigenvalue weighted by molar-refractivity contribution is 5.64. The van der Waals surface area contributed by atoms with Crippen molar-refractivity contribution < 1.29 is 4.39 Å². The van der Waals surface area contributed by atoms with Gasteiger partial charge in [0.25, 0.3) is 0 Å². The lowest BCUT2D eigenvalue weighted by molar-refractivity contribution is 0.420. The van der Waals surface area contributed by atoms with Crippen molar-refractivity contribution in [3.8, 4) is 11.1 Å². The van der Waals surface area contributed by atoms with Crippen molar-refractivity contribution in [1.82, 2.24) is 0 Å². The van der Waals surface area contributed by atoms with E-state index in [4.69, 9.17) is 5.73 Å². The molecular formula is C17H18FN. The Kier molecular flexibility index (Phi) is 3.34. The number of halogens is 1. The summed E-state index contributed by atoms with van der Waals surface area (Å²) in [6.07, 6.45) is 3.95. The molecule has 0 amide bonds. The van der Waals surface area contributed by atoms with Gasteiger partial charge in [-0.15, -0.1) is 0 Å². The zero-order chi connectivity index (χ0) is 13.2. The van der Waals surface area contributed by atoms with E-state index in [0.717, 1.165) is 17.0 Å². The summed E-state index contributed by atoms with van der Waals surface area (Å²) in [5.41, 5.74) is 9.42. The molecule has 0 atom stereocenters.